The molecule has 4 nitrogen and oxygen atoms in total. The summed E-state index contributed by atoms with van der Waals surface area (Å²) in [5.74, 6) is -0.423. The molecule has 22 heavy (non-hydrogen) atoms. The molecule has 1 amide bonds. The highest BCUT2D eigenvalue weighted by Gasteiger charge is 2.13. The van der Waals surface area contributed by atoms with Gasteiger partial charge in [0.2, 0.25) is 0 Å². The minimum Gasteiger partial charge on any atom is -0.348 e. The second-order valence-electron chi connectivity index (χ2n) is 4.40. The van der Waals surface area contributed by atoms with Crippen LogP contribution in [0.5, 0.6) is 0 Å². The monoisotopic (exact) mass is 377 g/mol. The predicted molar refractivity (Wildman–Crippen MR) is 87.1 cm³/mol. The minimum atomic E-state index is -3.88. The molecule has 0 bridgehead atoms. The van der Waals surface area contributed by atoms with E-state index in [1.54, 1.807) is 18.2 Å². The third kappa shape index (κ3) is 4.36. The maximum Gasteiger partial charge on any atom is 0.261 e. The number of hydrogen-bond donors (Lipinski definition) is 1. The molecule has 0 radical (unpaired) electrons. The summed E-state index contributed by atoms with van der Waals surface area (Å²) < 4.78 is 22.5. The molecular weight excluding hydrogens is 369 g/mol. The van der Waals surface area contributed by atoms with Crippen LogP contribution in [0.25, 0.3) is 0 Å². The van der Waals surface area contributed by atoms with Gasteiger partial charge in [-0.15, -0.1) is 0 Å². The topological polar surface area (TPSA) is 63.2 Å². The molecule has 2 aromatic rings. The number of carbonyl (C=O) groups is 1. The van der Waals surface area contributed by atoms with Gasteiger partial charge < -0.3 is 5.32 Å². The van der Waals surface area contributed by atoms with E-state index in [0.717, 1.165) is 5.56 Å². The number of halogens is 3. The van der Waals surface area contributed by atoms with Gasteiger partial charge in [0.15, 0.2) is 0 Å². The molecule has 0 atom stereocenters. The van der Waals surface area contributed by atoms with Crippen LogP contribution in [0.1, 0.15) is 15.9 Å². The van der Waals surface area contributed by atoms with Crippen LogP contribution in [-0.2, 0) is 15.6 Å². The van der Waals surface area contributed by atoms with Gasteiger partial charge in [-0.25, -0.2) is 8.42 Å². The van der Waals surface area contributed by atoms with Crippen molar-refractivity contribution in [1.29, 1.82) is 0 Å². The summed E-state index contributed by atoms with van der Waals surface area (Å²) >= 11 is 11.7. The summed E-state index contributed by atoms with van der Waals surface area (Å²) in [6.07, 6.45) is 0. The first kappa shape index (κ1) is 17.1. The van der Waals surface area contributed by atoms with Crippen LogP contribution in [0.2, 0.25) is 10.0 Å². The van der Waals surface area contributed by atoms with Gasteiger partial charge in [0, 0.05) is 22.8 Å². The van der Waals surface area contributed by atoms with Gasteiger partial charge in [-0.3, -0.25) is 4.79 Å². The lowest BCUT2D eigenvalue weighted by atomic mass is 10.2. The molecule has 0 aliphatic rings. The fourth-order valence-corrected chi connectivity index (χ4v) is 2.84. The second kappa shape index (κ2) is 6.87. The number of rotatable bonds is 4. The number of hydrogen-bond acceptors (Lipinski definition) is 3. The van der Waals surface area contributed by atoms with Crippen molar-refractivity contribution in [3.05, 3.63) is 63.6 Å². The number of carbonyl (C=O) groups excluding carboxylic acids is 1. The maximum atomic E-state index is 12.0. The highest BCUT2D eigenvalue weighted by Crippen LogP contribution is 2.22. The van der Waals surface area contributed by atoms with Gasteiger partial charge in [-0.1, -0.05) is 35.3 Å². The molecule has 2 aromatic carbocycles. The van der Waals surface area contributed by atoms with Crippen LogP contribution in [0.4, 0.5) is 0 Å². The Hall–Kier alpha value is -1.27. The summed E-state index contributed by atoms with van der Waals surface area (Å²) in [7, 11) is 1.38. The molecule has 0 spiro atoms. The Labute approximate surface area is 142 Å². The Bertz CT molecular complexity index is 822. The summed E-state index contributed by atoms with van der Waals surface area (Å²) in [6, 6.07) is 10.5. The molecule has 0 unspecified atom stereocenters. The largest absolute Gasteiger partial charge is 0.348 e. The van der Waals surface area contributed by atoms with Crippen molar-refractivity contribution in [2.24, 2.45) is 0 Å². The Balaban J connectivity index is 2.11. The standard InChI is InChI=1S/C14H10Cl3NO3S/c15-12-5-4-9(6-13(12)16)8-18-14(19)10-2-1-3-11(7-10)22(17,20)21/h1-7H,8H2,(H,18,19). The molecule has 1 N–H and O–H groups in total. The van der Waals surface area contributed by atoms with E-state index in [2.05, 4.69) is 5.32 Å². The first-order valence-electron chi connectivity index (χ1n) is 6.04. The molecule has 0 aromatic heterocycles. The van der Waals surface area contributed by atoms with E-state index in [0.29, 0.717) is 10.0 Å². The van der Waals surface area contributed by atoms with E-state index >= 15 is 0 Å². The van der Waals surface area contributed by atoms with Crippen LogP contribution in [-0.4, -0.2) is 14.3 Å². The Morgan fingerprint density at radius 2 is 1.77 bits per heavy atom. The third-order valence-corrected chi connectivity index (χ3v) is 4.91. The van der Waals surface area contributed by atoms with E-state index in [1.165, 1.54) is 24.3 Å². The van der Waals surface area contributed by atoms with Crippen molar-refractivity contribution in [2.45, 2.75) is 11.4 Å². The summed E-state index contributed by atoms with van der Waals surface area (Å²) in [5, 5.41) is 3.48. The first-order chi connectivity index (χ1) is 10.3. The SMILES string of the molecule is O=C(NCc1ccc(Cl)c(Cl)c1)c1cccc(S(=O)(=O)Cl)c1. The van der Waals surface area contributed by atoms with Crippen molar-refractivity contribution in [3.63, 3.8) is 0 Å². The lowest BCUT2D eigenvalue weighted by molar-refractivity contribution is 0.0950. The van der Waals surface area contributed by atoms with Gasteiger partial charge in [0.25, 0.3) is 15.0 Å². The quantitative estimate of drug-likeness (QED) is 0.822. The maximum absolute atomic E-state index is 12.0. The van der Waals surface area contributed by atoms with Crippen molar-refractivity contribution < 1.29 is 13.2 Å². The minimum absolute atomic E-state index is 0.128. The van der Waals surface area contributed by atoms with Gasteiger partial charge in [-0.2, -0.15) is 0 Å². The Kier molecular flexibility index (Phi) is 5.34. The molecule has 0 saturated carbocycles. The second-order valence-corrected chi connectivity index (χ2v) is 7.78. The van der Waals surface area contributed by atoms with Gasteiger partial charge in [-0.05, 0) is 35.9 Å². The van der Waals surface area contributed by atoms with Crippen LogP contribution < -0.4 is 5.32 Å². The molecule has 0 fully saturated rings. The average Bonchev–Trinajstić information content (AvgIpc) is 2.47. The van der Waals surface area contributed by atoms with Crippen LogP contribution in [0.15, 0.2) is 47.4 Å². The first-order valence-corrected chi connectivity index (χ1v) is 9.11. The summed E-state index contributed by atoms with van der Waals surface area (Å²) in [6.45, 7) is 0.230. The molecule has 0 aliphatic heterocycles. The summed E-state index contributed by atoms with van der Waals surface area (Å²) in [4.78, 5) is 11.9. The molecular formula is C14H10Cl3NO3S. The molecule has 116 valence electrons. The fourth-order valence-electron chi connectivity index (χ4n) is 1.72. The number of benzene rings is 2. The summed E-state index contributed by atoms with van der Waals surface area (Å²) in [5.41, 5.74) is 0.964. The van der Waals surface area contributed by atoms with E-state index in [9.17, 15) is 13.2 Å². The normalized spacial score (nSPS) is 11.2. The lowest BCUT2D eigenvalue weighted by Gasteiger charge is -2.07. The number of amides is 1. The van der Waals surface area contributed by atoms with Crippen molar-refractivity contribution >= 4 is 48.8 Å². The molecule has 8 heteroatoms. The van der Waals surface area contributed by atoms with Gasteiger partial charge >= 0.3 is 0 Å². The Morgan fingerprint density at radius 1 is 1.05 bits per heavy atom. The zero-order chi connectivity index (χ0) is 16.3. The fraction of sp³-hybridized carbons (Fsp3) is 0.0714. The van der Waals surface area contributed by atoms with E-state index in [-0.39, 0.29) is 17.0 Å². The Morgan fingerprint density at radius 3 is 2.41 bits per heavy atom. The molecule has 0 heterocycles. The van der Waals surface area contributed by atoms with Gasteiger partial charge in [0.1, 0.15) is 0 Å². The van der Waals surface area contributed by atoms with Gasteiger partial charge in [0.05, 0.1) is 14.9 Å². The number of nitrogens with one attached hydrogen (secondary N) is 1. The smallest absolute Gasteiger partial charge is 0.261 e. The zero-order valence-corrected chi connectivity index (χ0v) is 14.1. The molecule has 2 rings (SSSR count). The van der Waals surface area contributed by atoms with Crippen LogP contribution >= 0.6 is 33.9 Å². The van der Waals surface area contributed by atoms with E-state index in [1.807, 2.05) is 0 Å². The zero-order valence-electron chi connectivity index (χ0n) is 11.0. The molecule has 0 saturated heterocycles. The molecule has 0 aliphatic carbocycles. The lowest BCUT2D eigenvalue weighted by Crippen LogP contribution is -2.22. The predicted octanol–water partition coefficient (Wildman–Crippen LogP) is 3.85. The third-order valence-electron chi connectivity index (χ3n) is 2.81. The highest BCUT2D eigenvalue weighted by molar-refractivity contribution is 8.13. The van der Waals surface area contributed by atoms with E-state index < -0.39 is 15.0 Å². The highest BCUT2D eigenvalue weighted by atomic mass is 35.7. The average molecular weight is 379 g/mol. The van der Waals surface area contributed by atoms with E-state index in [4.69, 9.17) is 33.9 Å². The van der Waals surface area contributed by atoms with Crippen molar-refractivity contribution in [1.82, 2.24) is 5.32 Å². The van der Waals surface area contributed by atoms with Crippen LogP contribution in [0.3, 0.4) is 0 Å². The van der Waals surface area contributed by atoms with Crippen LogP contribution in [0, 0.1) is 0 Å². The van der Waals surface area contributed by atoms with Crippen molar-refractivity contribution in [3.8, 4) is 0 Å². The van der Waals surface area contributed by atoms with Crippen molar-refractivity contribution in [2.75, 3.05) is 0 Å².